The number of halogens is 2. The number of fused-ring (bicyclic) bond motifs is 1. The van der Waals surface area contributed by atoms with Crippen LogP contribution in [0.1, 0.15) is 18.6 Å². The molecule has 1 N–H and O–H groups in total. The molecule has 0 radical (unpaired) electrons. The fourth-order valence-electron chi connectivity index (χ4n) is 3.13. The second-order valence-electron chi connectivity index (χ2n) is 6.50. The first-order chi connectivity index (χ1) is 14.0. The van der Waals surface area contributed by atoms with Gasteiger partial charge in [0.15, 0.2) is 0 Å². The van der Waals surface area contributed by atoms with E-state index in [0.717, 1.165) is 36.3 Å². The summed E-state index contributed by atoms with van der Waals surface area (Å²) >= 11 is 11.3. The monoisotopic (exact) mass is 485 g/mol. The number of amides is 1. The summed E-state index contributed by atoms with van der Waals surface area (Å²) in [6.07, 6.45) is -0.982. The van der Waals surface area contributed by atoms with Crippen molar-refractivity contribution in [2.45, 2.75) is 13.0 Å². The molecule has 3 aromatic carbocycles. The smallest absolute Gasteiger partial charge is 0.412 e. The molecule has 1 aromatic heterocycles. The van der Waals surface area contributed by atoms with Gasteiger partial charge >= 0.3 is 6.09 Å². The van der Waals surface area contributed by atoms with Gasteiger partial charge in [-0.1, -0.05) is 76.1 Å². The third-order valence-electron chi connectivity index (χ3n) is 4.56. The number of carbonyl (C=O) groups excluding carboxylic acids is 1. The number of carbonyl (C=O) groups is 1. The molecular weight excluding hydrogens is 470 g/mol. The van der Waals surface area contributed by atoms with Crippen LogP contribution in [0.25, 0.3) is 20.5 Å². The van der Waals surface area contributed by atoms with Gasteiger partial charge in [0.2, 0.25) is 0 Å². The van der Waals surface area contributed by atoms with Crippen molar-refractivity contribution in [2.75, 3.05) is 5.32 Å². The maximum absolute atomic E-state index is 12.7. The zero-order valence-electron chi connectivity index (χ0n) is 15.5. The molecule has 146 valence electrons. The zero-order chi connectivity index (χ0) is 20.4. The third-order valence-corrected chi connectivity index (χ3v) is 6.65. The lowest BCUT2D eigenvalue weighted by Gasteiger charge is -2.16. The molecule has 0 aliphatic heterocycles. The summed E-state index contributed by atoms with van der Waals surface area (Å²) in [6.45, 7) is 1.81. The van der Waals surface area contributed by atoms with Crippen molar-refractivity contribution in [3.63, 3.8) is 0 Å². The zero-order valence-corrected chi connectivity index (χ0v) is 18.6. The summed E-state index contributed by atoms with van der Waals surface area (Å²) in [5.41, 5.74) is 2.56. The van der Waals surface area contributed by atoms with Crippen LogP contribution in [-0.2, 0) is 4.74 Å². The van der Waals surface area contributed by atoms with Crippen LogP contribution < -0.4 is 5.32 Å². The number of thiophene rings is 1. The maximum Gasteiger partial charge on any atom is 0.412 e. The van der Waals surface area contributed by atoms with Gasteiger partial charge in [0, 0.05) is 25.1 Å². The van der Waals surface area contributed by atoms with Gasteiger partial charge in [-0.15, -0.1) is 11.3 Å². The molecule has 1 amide bonds. The molecule has 0 spiro atoms. The fourth-order valence-corrected chi connectivity index (χ4v) is 4.85. The molecule has 29 heavy (non-hydrogen) atoms. The summed E-state index contributed by atoms with van der Waals surface area (Å²) in [4.78, 5) is 13.7. The normalized spacial score (nSPS) is 12.0. The highest BCUT2D eigenvalue weighted by Crippen LogP contribution is 2.43. The summed E-state index contributed by atoms with van der Waals surface area (Å²) in [5.74, 6) is 0. The minimum atomic E-state index is -0.515. The van der Waals surface area contributed by atoms with E-state index in [2.05, 4.69) is 21.2 Å². The molecule has 0 saturated heterocycles. The molecule has 0 fully saturated rings. The Kier molecular flexibility index (Phi) is 5.90. The van der Waals surface area contributed by atoms with Crippen LogP contribution in [0.5, 0.6) is 0 Å². The van der Waals surface area contributed by atoms with Crippen LogP contribution in [0.4, 0.5) is 10.5 Å². The molecule has 0 bridgehead atoms. The first-order valence-corrected chi connectivity index (χ1v) is 11.0. The van der Waals surface area contributed by atoms with Crippen LogP contribution in [0.3, 0.4) is 0 Å². The van der Waals surface area contributed by atoms with Crippen LogP contribution in [-0.4, -0.2) is 6.09 Å². The van der Waals surface area contributed by atoms with Gasteiger partial charge in [0.05, 0.1) is 10.6 Å². The van der Waals surface area contributed by atoms with Crippen molar-refractivity contribution < 1.29 is 9.53 Å². The molecule has 0 unspecified atom stereocenters. The van der Waals surface area contributed by atoms with Gasteiger partial charge in [-0.2, -0.15) is 0 Å². The van der Waals surface area contributed by atoms with Crippen molar-refractivity contribution in [3.05, 3.63) is 87.9 Å². The Morgan fingerprint density at radius 2 is 1.72 bits per heavy atom. The topological polar surface area (TPSA) is 38.3 Å². The van der Waals surface area contributed by atoms with E-state index in [-0.39, 0.29) is 0 Å². The molecule has 0 aliphatic carbocycles. The second-order valence-corrected chi connectivity index (χ2v) is 8.88. The Morgan fingerprint density at radius 3 is 2.48 bits per heavy atom. The Morgan fingerprint density at radius 1 is 1.03 bits per heavy atom. The summed E-state index contributed by atoms with van der Waals surface area (Å²) in [5, 5.41) is 4.52. The van der Waals surface area contributed by atoms with Crippen molar-refractivity contribution >= 4 is 60.7 Å². The maximum atomic E-state index is 12.7. The average molecular weight is 487 g/mol. The molecule has 4 rings (SSSR count). The molecule has 4 aromatic rings. The molecule has 3 nitrogen and oxygen atoms in total. The molecule has 0 aliphatic rings. The van der Waals surface area contributed by atoms with Crippen molar-refractivity contribution in [3.8, 4) is 10.4 Å². The third kappa shape index (κ3) is 4.32. The number of hydrogen-bond acceptors (Lipinski definition) is 3. The SMILES string of the molecule is C[C@@H](OC(=O)Nc1c(-c2ccc(Br)cc2)sc2ccccc12)c1ccccc1Cl. The van der Waals surface area contributed by atoms with Gasteiger partial charge in [-0.25, -0.2) is 4.79 Å². The van der Waals surface area contributed by atoms with Gasteiger partial charge in [-0.3, -0.25) is 5.32 Å². The number of rotatable bonds is 4. The van der Waals surface area contributed by atoms with Crippen LogP contribution in [0.15, 0.2) is 77.3 Å². The lowest BCUT2D eigenvalue weighted by molar-refractivity contribution is 0.121. The highest BCUT2D eigenvalue weighted by Gasteiger charge is 2.19. The lowest BCUT2D eigenvalue weighted by atomic mass is 10.1. The van der Waals surface area contributed by atoms with E-state index in [9.17, 15) is 4.79 Å². The number of hydrogen-bond donors (Lipinski definition) is 1. The average Bonchev–Trinajstić information content (AvgIpc) is 3.07. The largest absolute Gasteiger partial charge is 0.441 e. The fraction of sp³-hybridized carbons (Fsp3) is 0.0870. The quantitative estimate of drug-likeness (QED) is 0.315. The molecule has 1 atom stereocenters. The van der Waals surface area contributed by atoms with Gasteiger partial charge in [0.1, 0.15) is 6.10 Å². The van der Waals surface area contributed by atoms with Crippen molar-refractivity contribution in [1.29, 1.82) is 0 Å². The summed E-state index contributed by atoms with van der Waals surface area (Å²) < 4.78 is 7.71. The highest BCUT2D eigenvalue weighted by molar-refractivity contribution is 9.10. The standard InChI is InChI=1S/C23H17BrClNO2S/c1-14(17-6-2-4-8-19(17)25)28-23(27)26-21-18-7-3-5-9-20(18)29-22(21)15-10-12-16(24)13-11-15/h2-14H,1H3,(H,26,27)/t14-/m1/s1. The molecule has 6 heteroatoms. The molecule has 0 saturated carbocycles. The van der Waals surface area contributed by atoms with E-state index in [1.54, 1.807) is 17.4 Å². The van der Waals surface area contributed by atoms with E-state index >= 15 is 0 Å². The molecular formula is C23H17BrClNO2S. The first kappa shape index (κ1) is 20.0. The van der Waals surface area contributed by atoms with Crippen molar-refractivity contribution in [1.82, 2.24) is 0 Å². The number of ether oxygens (including phenoxy) is 1. The highest BCUT2D eigenvalue weighted by atomic mass is 79.9. The summed E-state index contributed by atoms with van der Waals surface area (Å²) in [7, 11) is 0. The first-order valence-electron chi connectivity index (χ1n) is 9.02. The van der Waals surface area contributed by atoms with Gasteiger partial charge < -0.3 is 4.74 Å². The minimum absolute atomic E-state index is 0.468. The Balaban J connectivity index is 1.64. The van der Waals surface area contributed by atoms with E-state index in [0.29, 0.717) is 5.02 Å². The van der Waals surface area contributed by atoms with E-state index < -0.39 is 12.2 Å². The van der Waals surface area contributed by atoms with Crippen LogP contribution >= 0.6 is 38.9 Å². The van der Waals surface area contributed by atoms with Crippen LogP contribution in [0, 0.1) is 0 Å². The number of nitrogens with one attached hydrogen (secondary N) is 1. The van der Waals surface area contributed by atoms with Crippen molar-refractivity contribution in [2.24, 2.45) is 0 Å². The van der Waals surface area contributed by atoms with E-state index in [4.69, 9.17) is 16.3 Å². The Bertz CT molecular complexity index is 1170. The Labute approximate surface area is 186 Å². The van der Waals surface area contributed by atoms with E-state index in [1.165, 1.54) is 0 Å². The predicted octanol–water partition coefficient (Wildman–Crippen LogP) is 8.29. The summed E-state index contributed by atoms with van der Waals surface area (Å²) in [6, 6.07) is 23.4. The lowest BCUT2D eigenvalue weighted by Crippen LogP contribution is -2.16. The Hall–Kier alpha value is -2.34. The number of anilines is 1. The molecule has 1 heterocycles. The number of benzene rings is 3. The minimum Gasteiger partial charge on any atom is -0.441 e. The van der Waals surface area contributed by atoms with Gasteiger partial charge in [0.25, 0.3) is 0 Å². The second kappa shape index (κ2) is 8.57. The van der Waals surface area contributed by atoms with Gasteiger partial charge in [-0.05, 0) is 36.8 Å². The van der Waals surface area contributed by atoms with Crippen LogP contribution in [0.2, 0.25) is 5.02 Å². The van der Waals surface area contributed by atoms with E-state index in [1.807, 2.05) is 73.7 Å². The predicted molar refractivity (Wildman–Crippen MR) is 125 cm³/mol.